The van der Waals surface area contributed by atoms with Crippen LogP contribution in [0.25, 0.3) is 0 Å². The molecule has 5 unspecified atom stereocenters. The van der Waals surface area contributed by atoms with Crippen LogP contribution in [0, 0.1) is 16.7 Å². The van der Waals surface area contributed by atoms with E-state index < -0.39 is 11.5 Å². The van der Waals surface area contributed by atoms with Crippen molar-refractivity contribution in [2.45, 2.75) is 58.1 Å². The van der Waals surface area contributed by atoms with Crippen molar-refractivity contribution in [2.75, 3.05) is 17.2 Å². The van der Waals surface area contributed by atoms with Crippen LogP contribution in [0.3, 0.4) is 0 Å². The van der Waals surface area contributed by atoms with Gasteiger partial charge in [0, 0.05) is 34.9 Å². The summed E-state index contributed by atoms with van der Waals surface area (Å²) in [5, 5.41) is 28.8. The Labute approximate surface area is 216 Å². The van der Waals surface area contributed by atoms with Gasteiger partial charge in [-0.25, -0.2) is 4.98 Å². The van der Waals surface area contributed by atoms with E-state index >= 15 is 0 Å². The van der Waals surface area contributed by atoms with Crippen LogP contribution >= 0.6 is 11.3 Å². The molecule has 7 heteroatoms. The molecular weight excluding hydrogens is 470 g/mol. The molecule has 1 saturated carbocycles. The van der Waals surface area contributed by atoms with Crippen LogP contribution in [0.4, 0.5) is 10.8 Å². The second-order valence-electron chi connectivity index (χ2n) is 10.8. The lowest BCUT2D eigenvalue weighted by molar-refractivity contribution is -0.143. The maximum absolute atomic E-state index is 13.3. The Bertz CT molecular complexity index is 1200. The van der Waals surface area contributed by atoms with Crippen LogP contribution in [0.1, 0.15) is 55.2 Å². The third-order valence-electron chi connectivity index (χ3n) is 8.63. The van der Waals surface area contributed by atoms with Crippen molar-refractivity contribution < 1.29 is 15.0 Å². The van der Waals surface area contributed by atoms with E-state index in [9.17, 15) is 15.0 Å². The molecule has 36 heavy (non-hydrogen) atoms. The second-order valence-corrected chi connectivity index (χ2v) is 11.9. The van der Waals surface area contributed by atoms with E-state index in [2.05, 4.69) is 29.7 Å². The Morgan fingerprint density at radius 3 is 2.50 bits per heavy atom. The highest BCUT2D eigenvalue weighted by atomic mass is 32.1. The summed E-state index contributed by atoms with van der Waals surface area (Å²) in [7, 11) is 0. The van der Waals surface area contributed by atoms with Gasteiger partial charge in [0.2, 0.25) is 5.91 Å². The Balaban J connectivity index is 1.47. The summed E-state index contributed by atoms with van der Waals surface area (Å²) in [6, 6.07) is 19.8. The lowest BCUT2D eigenvalue weighted by Gasteiger charge is -2.58. The molecule has 190 valence electrons. The standard InChI is InChI=1S/C29H35N3O3S/c1-28-14-13-24(34)29(2,18-33)23(28)16-22-26(21(28)15-25(35)31-20-11-7-4-8-12-20)32-27(36-22)30-17-19-9-5-3-6-10-19/h3-12,21,23-24,33-34H,13-18H2,1-2H3,(H,30,32)(H,31,35). The predicted molar refractivity (Wildman–Crippen MR) is 144 cm³/mol. The molecule has 1 aromatic heterocycles. The van der Waals surface area contributed by atoms with Crippen LogP contribution in [0.5, 0.6) is 0 Å². The van der Waals surface area contributed by atoms with Crippen molar-refractivity contribution in [1.29, 1.82) is 0 Å². The number of benzene rings is 2. The highest BCUT2D eigenvalue weighted by molar-refractivity contribution is 7.15. The number of nitrogens with one attached hydrogen (secondary N) is 2. The van der Waals surface area contributed by atoms with Gasteiger partial charge in [0.05, 0.1) is 18.4 Å². The van der Waals surface area contributed by atoms with Crippen LogP contribution in [-0.2, 0) is 17.8 Å². The molecule has 6 nitrogen and oxygen atoms in total. The summed E-state index contributed by atoms with van der Waals surface area (Å²) in [4.78, 5) is 19.5. The molecule has 3 aromatic rings. The van der Waals surface area contributed by atoms with E-state index in [1.807, 2.05) is 55.5 Å². The molecule has 1 amide bonds. The molecular formula is C29H35N3O3S. The number of carbonyl (C=O) groups excluding carboxylic acids is 1. The summed E-state index contributed by atoms with van der Waals surface area (Å²) in [6.07, 6.45) is 1.90. The largest absolute Gasteiger partial charge is 0.396 e. The van der Waals surface area contributed by atoms with Gasteiger partial charge in [0.15, 0.2) is 5.13 Å². The summed E-state index contributed by atoms with van der Waals surface area (Å²) in [5.74, 6) is -0.0947. The molecule has 0 saturated heterocycles. The fraction of sp³-hybridized carbons (Fsp3) is 0.448. The lowest BCUT2D eigenvalue weighted by Crippen LogP contribution is -2.57. The topological polar surface area (TPSA) is 94.5 Å². The van der Waals surface area contributed by atoms with E-state index in [0.29, 0.717) is 19.4 Å². The molecule has 2 aromatic carbocycles. The molecule has 2 aliphatic carbocycles. The molecule has 0 bridgehead atoms. The van der Waals surface area contributed by atoms with Crippen LogP contribution in [-0.4, -0.2) is 33.8 Å². The first-order valence-corrected chi connectivity index (χ1v) is 13.6. The summed E-state index contributed by atoms with van der Waals surface area (Å²) < 4.78 is 0. The minimum atomic E-state index is -0.625. The zero-order valence-corrected chi connectivity index (χ0v) is 21.7. The maximum Gasteiger partial charge on any atom is 0.225 e. The first kappa shape index (κ1) is 24.9. The Hall–Kier alpha value is -2.74. The molecule has 4 N–H and O–H groups in total. The van der Waals surface area contributed by atoms with Crippen LogP contribution < -0.4 is 10.6 Å². The quantitative estimate of drug-likeness (QED) is 0.354. The number of aromatic nitrogens is 1. The van der Waals surface area contributed by atoms with Gasteiger partial charge in [-0.3, -0.25) is 4.79 Å². The predicted octanol–water partition coefficient (Wildman–Crippen LogP) is 5.20. The Morgan fingerprint density at radius 1 is 1.11 bits per heavy atom. The van der Waals surface area contributed by atoms with Crippen molar-refractivity contribution in [1.82, 2.24) is 4.98 Å². The smallest absolute Gasteiger partial charge is 0.225 e. The number of hydrogen-bond acceptors (Lipinski definition) is 6. The molecule has 2 aliphatic rings. The highest BCUT2D eigenvalue weighted by Crippen LogP contribution is 2.62. The lowest BCUT2D eigenvalue weighted by atomic mass is 9.47. The molecule has 1 fully saturated rings. The average molecular weight is 506 g/mol. The van der Waals surface area contributed by atoms with Crippen molar-refractivity contribution in [3.63, 3.8) is 0 Å². The maximum atomic E-state index is 13.3. The van der Waals surface area contributed by atoms with Crippen molar-refractivity contribution in [2.24, 2.45) is 16.7 Å². The number of amides is 1. The van der Waals surface area contributed by atoms with Gasteiger partial charge < -0.3 is 20.8 Å². The monoisotopic (exact) mass is 505 g/mol. The minimum absolute atomic E-state index is 0.0392. The van der Waals surface area contributed by atoms with E-state index in [4.69, 9.17) is 4.98 Å². The van der Waals surface area contributed by atoms with Gasteiger partial charge >= 0.3 is 0 Å². The number of hydrogen-bond donors (Lipinski definition) is 4. The second kappa shape index (κ2) is 9.96. The Morgan fingerprint density at radius 2 is 1.81 bits per heavy atom. The minimum Gasteiger partial charge on any atom is -0.396 e. The zero-order valence-electron chi connectivity index (χ0n) is 20.9. The number of anilines is 2. The van der Waals surface area contributed by atoms with E-state index in [0.717, 1.165) is 34.2 Å². The van der Waals surface area contributed by atoms with E-state index in [1.54, 1.807) is 11.3 Å². The normalized spacial score (nSPS) is 29.2. The van der Waals surface area contributed by atoms with Gasteiger partial charge in [0.25, 0.3) is 0 Å². The van der Waals surface area contributed by atoms with E-state index in [-0.39, 0.29) is 29.8 Å². The first-order chi connectivity index (χ1) is 17.3. The molecule has 1 heterocycles. The molecule has 5 atom stereocenters. The molecule has 0 aliphatic heterocycles. The number of rotatable bonds is 7. The summed E-state index contributed by atoms with van der Waals surface area (Å²) in [6.45, 7) is 4.84. The van der Waals surface area contributed by atoms with E-state index in [1.165, 1.54) is 5.56 Å². The zero-order chi connectivity index (χ0) is 25.3. The van der Waals surface area contributed by atoms with Crippen LogP contribution in [0.2, 0.25) is 0 Å². The van der Waals surface area contributed by atoms with Gasteiger partial charge in [0.1, 0.15) is 0 Å². The average Bonchev–Trinajstić information content (AvgIpc) is 3.30. The molecule has 0 radical (unpaired) electrons. The number of aliphatic hydroxyl groups is 2. The number of nitrogens with zero attached hydrogens (tertiary/aromatic N) is 1. The fourth-order valence-electron chi connectivity index (χ4n) is 6.41. The number of fused-ring (bicyclic) bond motifs is 2. The summed E-state index contributed by atoms with van der Waals surface area (Å²) in [5.41, 5.74) is 2.07. The highest BCUT2D eigenvalue weighted by Gasteiger charge is 2.59. The van der Waals surface area contributed by atoms with Crippen molar-refractivity contribution in [3.05, 3.63) is 76.8 Å². The number of thiazole rings is 1. The van der Waals surface area contributed by atoms with Crippen molar-refractivity contribution in [3.8, 4) is 0 Å². The number of aliphatic hydroxyl groups excluding tert-OH is 2. The SMILES string of the molecule is CC1(CO)C(O)CCC2(C)C(CC(=O)Nc3ccccc3)c3nc(NCc4ccccc4)sc3CC12. The molecule has 0 spiro atoms. The van der Waals surface area contributed by atoms with Gasteiger partial charge in [-0.05, 0) is 48.3 Å². The third kappa shape index (κ3) is 4.56. The van der Waals surface area contributed by atoms with Crippen molar-refractivity contribution >= 4 is 28.1 Å². The summed E-state index contributed by atoms with van der Waals surface area (Å²) >= 11 is 1.64. The third-order valence-corrected chi connectivity index (χ3v) is 9.68. The first-order valence-electron chi connectivity index (χ1n) is 12.7. The van der Waals surface area contributed by atoms with Gasteiger partial charge in [-0.1, -0.05) is 62.4 Å². The van der Waals surface area contributed by atoms with Gasteiger partial charge in [-0.2, -0.15) is 0 Å². The molecule has 5 rings (SSSR count). The van der Waals surface area contributed by atoms with Crippen LogP contribution in [0.15, 0.2) is 60.7 Å². The number of carbonyl (C=O) groups is 1. The number of para-hydroxylation sites is 1. The fourth-order valence-corrected chi connectivity index (χ4v) is 7.48. The van der Waals surface area contributed by atoms with Gasteiger partial charge in [-0.15, -0.1) is 11.3 Å². The Kier molecular flexibility index (Phi) is 6.90.